The van der Waals surface area contributed by atoms with E-state index < -0.39 is 0 Å². The number of aromatic nitrogens is 1. The van der Waals surface area contributed by atoms with E-state index in [9.17, 15) is 0 Å². The fourth-order valence-corrected chi connectivity index (χ4v) is 3.00. The minimum atomic E-state index is 0.132. The van der Waals surface area contributed by atoms with E-state index in [-0.39, 0.29) is 6.04 Å². The van der Waals surface area contributed by atoms with Crippen molar-refractivity contribution < 1.29 is 4.74 Å². The lowest BCUT2D eigenvalue weighted by Gasteiger charge is -2.10. The van der Waals surface area contributed by atoms with Crippen molar-refractivity contribution >= 4 is 22.9 Å². The molecule has 0 amide bonds. The quantitative estimate of drug-likeness (QED) is 0.886. The van der Waals surface area contributed by atoms with Crippen LogP contribution in [0.5, 0.6) is 5.75 Å². The van der Waals surface area contributed by atoms with Gasteiger partial charge in [0.2, 0.25) is 0 Å². The predicted octanol–water partition coefficient (Wildman–Crippen LogP) is 3.62. The van der Waals surface area contributed by atoms with Crippen molar-refractivity contribution in [3.05, 3.63) is 44.9 Å². The van der Waals surface area contributed by atoms with Gasteiger partial charge >= 0.3 is 0 Å². The lowest BCUT2D eigenvalue weighted by atomic mass is 10.1. The first kappa shape index (κ1) is 15.3. The van der Waals surface area contributed by atoms with Crippen LogP contribution in [-0.2, 0) is 12.8 Å². The van der Waals surface area contributed by atoms with Crippen molar-refractivity contribution in [2.75, 3.05) is 6.61 Å². The monoisotopic (exact) mass is 310 g/mol. The molecule has 1 unspecified atom stereocenters. The maximum absolute atomic E-state index is 6.23. The minimum absolute atomic E-state index is 0.132. The first-order valence-electron chi connectivity index (χ1n) is 6.62. The molecular formula is C15H19ClN2OS. The molecule has 108 valence electrons. The van der Waals surface area contributed by atoms with Crippen molar-refractivity contribution in [3.63, 3.8) is 0 Å². The summed E-state index contributed by atoms with van der Waals surface area (Å²) in [5.74, 6) is 0.724. The number of rotatable bonds is 6. The molecule has 20 heavy (non-hydrogen) atoms. The Hall–Kier alpha value is -1.10. The number of aryl methyl sites for hydroxylation is 1. The Morgan fingerprint density at radius 3 is 2.85 bits per heavy atom. The van der Waals surface area contributed by atoms with Crippen LogP contribution in [0.1, 0.15) is 23.1 Å². The summed E-state index contributed by atoms with van der Waals surface area (Å²) in [6, 6.07) is 5.99. The summed E-state index contributed by atoms with van der Waals surface area (Å²) in [6.07, 6.45) is 1.68. The van der Waals surface area contributed by atoms with Gasteiger partial charge in [0.1, 0.15) is 5.75 Å². The molecule has 0 aliphatic carbocycles. The van der Waals surface area contributed by atoms with E-state index in [4.69, 9.17) is 22.1 Å². The maximum atomic E-state index is 6.23. The molecule has 0 bridgehead atoms. The van der Waals surface area contributed by atoms with Crippen LogP contribution in [0.25, 0.3) is 0 Å². The van der Waals surface area contributed by atoms with Crippen LogP contribution in [0.2, 0.25) is 5.02 Å². The molecule has 2 rings (SSSR count). The molecule has 0 spiro atoms. The average Bonchev–Trinajstić information content (AvgIpc) is 2.77. The number of nitrogens with zero attached hydrogens (tertiary/aromatic N) is 1. The standard InChI is InChI=1S/C15H19ClN2OS/c1-10(17)7-12-3-4-14(13(16)8-12)19-6-5-15-11(2)18-9-20-15/h3-4,8-10H,5-7,17H2,1-2H3. The molecule has 0 saturated carbocycles. The molecule has 5 heteroatoms. The summed E-state index contributed by atoms with van der Waals surface area (Å²) >= 11 is 7.89. The molecule has 1 atom stereocenters. The lowest BCUT2D eigenvalue weighted by Crippen LogP contribution is -2.17. The van der Waals surface area contributed by atoms with Gasteiger partial charge in [0.15, 0.2) is 0 Å². The van der Waals surface area contributed by atoms with Crippen LogP contribution in [0.4, 0.5) is 0 Å². The maximum Gasteiger partial charge on any atom is 0.137 e. The van der Waals surface area contributed by atoms with Crippen LogP contribution < -0.4 is 10.5 Å². The Labute approximate surface area is 128 Å². The third-order valence-electron chi connectivity index (χ3n) is 2.99. The summed E-state index contributed by atoms with van der Waals surface area (Å²) in [4.78, 5) is 5.48. The lowest BCUT2D eigenvalue weighted by molar-refractivity contribution is 0.323. The molecule has 0 radical (unpaired) electrons. The Bertz CT molecular complexity index is 569. The largest absolute Gasteiger partial charge is 0.492 e. The van der Waals surface area contributed by atoms with Gasteiger partial charge in [-0.1, -0.05) is 17.7 Å². The number of hydrogen-bond donors (Lipinski definition) is 1. The average molecular weight is 311 g/mol. The fourth-order valence-electron chi connectivity index (χ4n) is 1.98. The van der Waals surface area contributed by atoms with Crippen molar-refractivity contribution in [2.45, 2.75) is 32.7 Å². The summed E-state index contributed by atoms with van der Waals surface area (Å²) in [6.45, 7) is 4.60. The Morgan fingerprint density at radius 2 is 2.25 bits per heavy atom. The van der Waals surface area contributed by atoms with E-state index in [1.165, 1.54) is 4.88 Å². The van der Waals surface area contributed by atoms with Gasteiger partial charge in [-0.3, -0.25) is 0 Å². The Kier molecular flexibility index (Phi) is 5.40. The normalized spacial score (nSPS) is 12.4. The molecule has 0 saturated heterocycles. The number of thiazole rings is 1. The van der Waals surface area contributed by atoms with E-state index in [0.29, 0.717) is 11.6 Å². The molecule has 3 nitrogen and oxygen atoms in total. The van der Waals surface area contributed by atoms with Gasteiger partial charge < -0.3 is 10.5 Å². The summed E-state index contributed by atoms with van der Waals surface area (Å²) in [7, 11) is 0. The number of ether oxygens (including phenoxy) is 1. The zero-order chi connectivity index (χ0) is 14.5. The molecule has 0 aliphatic rings. The van der Waals surface area contributed by atoms with Crippen molar-refractivity contribution in [2.24, 2.45) is 5.73 Å². The van der Waals surface area contributed by atoms with Gasteiger partial charge in [-0.15, -0.1) is 11.3 Å². The second kappa shape index (κ2) is 7.07. The van der Waals surface area contributed by atoms with Crippen LogP contribution >= 0.6 is 22.9 Å². The van der Waals surface area contributed by atoms with E-state index in [1.807, 2.05) is 37.6 Å². The predicted molar refractivity (Wildman–Crippen MR) is 84.9 cm³/mol. The number of halogens is 1. The van der Waals surface area contributed by atoms with Gasteiger partial charge in [-0.05, 0) is 38.0 Å². The Morgan fingerprint density at radius 1 is 1.45 bits per heavy atom. The van der Waals surface area contributed by atoms with Crippen LogP contribution in [-0.4, -0.2) is 17.6 Å². The van der Waals surface area contributed by atoms with E-state index >= 15 is 0 Å². The number of nitrogens with two attached hydrogens (primary N) is 1. The molecule has 1 aromatic heterocycles. The van der Waals surface area contributed by atoms with Crippen molar-refractivity contribution in [1.82, 2.24) is 4.98 Å². The zero-order valence-corrected chi connectivity index (χ0v) is 13.3. The molecule has 0 fully saturated rings. The van der Waals surface area contributed by atoms with Crippen molar-refractivity contribution in [1.29, 1.82) is 0 Å². The molecule has 1 heterocycles. The highest BCUT2D eigenvalue weighted by atomic mass is 35.5. The van der Waals surface area contributed by atoms with E-state index in [1.54, 1.807) is 11.3 Å². The third kappa shape index (κ3) is 4.20. The molecule has 1 aromatic carbocycles. The minimum Gasteiger partial charge on any atom is -0.492 e. The fraction of sp³-hybridized carbons (Fsp3) is 0.400. The molecule has 2 N–H and O–H groups in total. The smallest absolute Gasteiger partial charge is 0.137 e. The Balaban J connectivity index is 1.91. The highest BCUT2D eigenvalue weighted by Gasteiger charge is 2.06. The first-order chi connectivity index (χ1) is 9.56. The highest BCUT2D eigenvalue weighted by Crippen LogP contribution is 2.26. The summed E-state index contributed by atoms with van der Waals surface area (Å²) in [5, 5.41) is 0.643. The SMILES string of the molecule is Cc1ncsc1CCOc1ccc(CC(C)N)cc1Cl. The van der Waals surface area contributed by atoms with Gasteiger partial charge in [0.05, 0.1) is 22.8 Å². The van der Waals surface area contributed by atoms with Gasteiger partial charge in [0, 0.05) is 17.3 Å². The molecule has 0 aliphatic heterocycles. The summed E-state index contributed by atoms with van der Waals surface area (Å²) < 4.78 is 5.74. The van der Waals surface area contributed by atoms with Crippen molar-refractivity contribution in [3.8, 4) is 5.75 Å². The first-order valence-corrected chi connectivity index (χ1v) is 7.88. The number of benzene rings is 1. The molecule has 2 aromatic rings. The van der Waals surface area contributed by atoms with E-state index in [2.05, 4.69) is 4.98 Å². The molecular weight excluding hydrogens is 292 g/mol. The van der Waals surface area contributed by atoms with Gasteiger partial charge in [-0.25, -0.2) is 4.98 Å². The topological polar surface area (TPSA) is 48.1 Å². The zero-order valence-electron chi connectivity index (χ0n) is 11.7. The summed E-state index contributed by atoms with van der Waals surface area (Å²) in [5.41, 5.74) is 9.86. The van der Waals surface area contributed by atoms with Crippen LogP contribution in [0.3, 0.4) is 0 Å². The highest BCUT2D eigenvalue weighted by molar-refractivity contribution is 7.09. The third-order valence-corrected chi connectivity index (χ3v) is 4.28. The van der Waals surface area contributed by atoms with Crippen LogP contribution in [0.15, 0.2) is 23.7 Å². The second-order valence-corrected chi connectivity index (χ2v) is 6.25. The van der Waals surface area contributed by atoms with Gasteiger partial charge in [-0.2, -0.15) is 0 Å². The second-order valence-electron chi connectivity index (χ2n) is 4.91. The van der Waals surface area contributed by atoms with Crippen LogP contribution in [0, 0.1) is 6.92 Å². The van der Waals surface area contributed by atoms with E-state index in [0.717, 1.165) is 29.8 Å². The number of hydrogen-bond acceptors (Lipinski definition) is 4. The van der Waals surface area contributed by atoms with Gasteiger partial charge in [0.25, 0.3) is 0 Å².